The number of carbonyl (C=O) groups is 1. The van der Waals surface area contributed by atoms with Gasteiger partial charge in [-0.05, 0) is 23.3 Å². The van der Waals surface area contributed by atoms with Gasteiger partial charge >= 0.3 is 0 Å². The third-order valence-electron chi connectivity index (χ3n) is 3.65. The van der Waals surface area contributed by atoms with E-state index in [-0.39, 0.29) is 11.9 Å². The summed E-state index contributed by atoms with van der Waals surface area (Å²) >= 11 is 3.42. The van der Waals surface area contributed by atoms with Crippen molar-refractivity contribution in [3.8, 4) is 0 Å². The predicted octanol–water partition coefficient (Wildman–Crippen LogP) is 2.86. The number of hydrogen-bond acceptors (Lipinski definition) is 2. The summed E-state index contributed by atoms with van der Waals surface area (Å²) in [7, 11) is 0. The summed E-state index contributed by atoms with van der Waals surface area (Å²) in [6, 6.07) is 17.5. The Bertz CT molecular complexity index is 612. The van der Waals surface area contributed by atoms with Gasteiger partial charge in [-0.1, -0.05) is 58.4 Å². The number of halogens is 1. The Morgan fingerprint density at radius 1 is 1.05 bits per heavy atom. The minimum absolute atomic E-state index is 0.0155. The van der Waals surface area contributed by atoms with E-state index >= 15 is 0 Å². The summed E-state index contributed by atoms with van der Waals surface area (Å²) in [6.07, 6.45) is 0. The Balaban J connectivity index is 1.82. The molecule has 20 heavy (non-hydrogen) atoms. The largest absolute Gasteiger partial charge is 0.328 e. The molecule has 1 fully saturated rings. The zero-order chi connectivity index (χ0) is 14.1. The highest BCUT2D eigenvalue weighted by atomic mass is 79.9. The van der Waals surface area contributed by atoms with Crippen LogP contribution in [0.25, 0.3) is 0 Å². The quantitative estimate of drug-likeness (QED) is 0.879. The summed E-state index contributed by atoms with van der Waals surface area (Å²) < 4.78 is 1.02. The summed E-state index contributed by atoms with van der Waals surface area (Å²) in [5, 5.41) is 0. The molecule has 1 amide bonds. The van der Waals surface area contributed by atoms with Crippen LogP contribution in [0.1, 0.15) is 17.2 Å². The molecule has 2 aromatic rings. The maximum absolute atomic E-state index is 12.0. The fraction of sp³-hybridized carbons (Fsp3) is 0.188. The van der Waals surface area contributed by atoms with Crippen LogP contribution in [-0.4, -0.2) is 16.8 Å². The van der Waals surface area contributed by atoms with Crippen LogP contribution in [0, 0.1) is 0 Å². The zero-order valence-corrected chi connectivity index (χ0v) is 12.5. The predicted molar refractivity (Wildman–Crippen MR) is 81.9 cm³/mol. The van der Waals surface area contributed by atoms with Gasteiger partial charge in [-0.2, -0.15) is 0 Å². The van der Waals surface area contributed by atoms with Crippen molar-refractivity contribution in [2.24, 2.45) is 5.73 Å². The van der Waals surface area contributed by atoms with Crippen molar-refractivity contribution in [1.29, 1.82) is 0 Å². The van der Waals surface area contributed by atoms with Crippen LogP contribution < -0.4 is 5.73 Å². The summed E-state index contributed by atoms with van der Waals surface area (Å²) in [5.41, 5.74) is 8.18. The lowest BCUT2D eigenvalue weighted by Crippen LogP contribution is -2.62. The maximum atomic E-state index is 12.0. The molecule has 0 spiro atoms. The number of likely N-dealkylation sites (tertiary alicyclic amines) is 1. The minimum atomic E-state index is -0.431. The third kappa shape index (κ3) is 2.37. The molecule has 0 radical (unpaired) electrons. The highest BCUT2D eigenvalue weighted by Gasteiger charge is 2.45. The normalized spacial score (nSPS) is 21.7. The van der Waals surface area contributed by atoms with Crippen molar-refractivity contribution < 1.29 is 4.79 Å². The number of amides is 1. The lowest BCUT2D eigenvalue weighted by molar-refractivity contribution is -0.150. The zero-order valence-electron chi connectivity index (χ0n) is 10.9. The topological polar surface area (TPSA) is 46.3 Å². The molecule has 2 aromatic carbocycles. The van der Waals surface area contributed by atoms with Crippen molar-refractivity contribution in [2.75, 3.05) is 0 Å². The Hall–Kier alpha value is -1.65. The maximum Gasteiger partial charge on any atom is 0.242 e. The lowest BCUT2D eigenvalue weighted by atomic mass is 9.88. The van der Waals surface area contributed by atoms with Crippen LogP contribution in [0.4, 0.5) is 0 Å². The van der Waals surface area contributed by atoms with Crippen LogP contribution in [0.15, 0.2) is 59.1 Å². The van der Waals surface area contributed by atoms with Crippen molar-refractivity contribution >= 4 is 21.8 Å². The van der Waals surface area contributed by atoms with Gasteiger partial charge in [0.2, 0.25) is 5.91 Å². The molecular weight excluding hydrogens is 316 g/mol. The Kier molecular flexibility index (Phi) is 3.59. The highest BCUT2D eigenvalue weighted by Crippen LogP contribution is 2.35. The van der Waals surface area contributed by atoms with Gasteiger partial charge in [-0.3, -0.25) is 4.79 Å². The second kappa shape index (κ2) is 5.38. The van der Waals surface area contributed by atoms with Gasteiger partial charge in [-0.25, -0.2) is 0 Å². The second-order valence-electron chi connectivity index (χ2n) is 4.97. The number of hydrogen-bond donors (Lipinski definition) is 1. The molecule has 3 nitrogen and oxygen atoms in total. The first-order valence-corrected chi connectivity index (χ1v) is 7.31. The van der Waals surface area contributed by atoms with E-state index < -0.39 is 6.04 Å². The molecule has 1 aliphatic heterocycles. The Morgan fingerprint density at radius 2 is 1.70 bits per heavy atom. The van der Waals surface area contributed by atoms with Gasteiger partial charge in [0.1, 0.15) is 6.04 Å². The van der Waals surface area contributed by atoms with Gasteiger partial charge in [0.05, 0.1) is 6.04 Å². The Labute approximate surface area is 126 Å². The van der Waals surface area contributed by atoms with E-state index in [9.17, 15) is 4.79 Å². The van der Waals surface area contributed by atoms with Crippen LogP contribution in [0.5, 0.6) is 0 Å². The van der Waals surface area contributed by atoms with E-state index in [1.807, 2.05) is 59.5 Å². The molecule has 2 atom stereocenters. The van der Waals surface area contributed by atoms with E-state index in [1.54, 1.807) is 0 Å². The van der Waals surface area contributed by atoms with E-state index in [4.69, 9.17) is 5.73 Å². The van der Waals surface area contributed by atoms with E-state index in [0.29, 0.717) is 6.54 Å². The van der Waals surface area contributed by atoms with Crippen molar-refractivity contribution in [3.05, 3.63) is 70.2 Å². The van der Waals surface area contributed by atoms with E-state index in [1.165, 1.54) is 0 Å². The summed E-state index contributed by atoms with van der Waals surface area (Å²) in [5.74, 6) is 0.0155. The van der Waals surface area contributed by atoms with Crippen LogP contribution in [0.3, 0.4) is 0 Å². The van der Waals surface area contributed by atoms with Gasteiger partial charge in [0.15, 0.2) is 0 Å². The molecule has 0 aromatic heterocycles. The van der Waals surface area contributed by atoms with Crippen molar-refractivity contribution in [2.45, 2.75) is 18.6 Å². The minimum Gasteiger partial charge on any atom is -0.328 e. The SMILES string of the molecule is NC1C(=O)N(Cc2ccccc2)C1c1ccc(Br)cc1. The summed E-state index contributed by atoms with van der Waals surface area (Å²) in [6.45, 7) is 0.605. The highest BCUT2D eigenvalue weighted by molar-refractivity contribution is 9.10. The van der Waals surface area contributed by atoms with Crippen LogP contribution in [0.2, 0.25) is 0 Å². The number of rotatable bonds is 3. The van der Waals surface area contributed by atoms with Gasteiger partial charge in [0, 0.05) is 11.0 Å². The Morgan fingerprint density at radius 3 is 2.35 bits per heavy atom. The molecule has 0 bridgehead atoms. The fourth-order valence-corrected chi connectivity index (χ4v) is 2.84. The number of β-lactam (4-membered cyclic amide) rings is 1. The molecule has 2 unspecified atom stereocenters. The van der Waals surface area contributed by atoms with Crippen molar-refractivity contribution in [1.82, 2.24) is 4.90 Å². The molecule has 1 heterocycles. The average Bonchev–Trinajstić information content (AvgIpc) is 2.49. The molecule has 0 saturated carbocycles. The lowest BCUT2D eigenvalue weighted by Gasteiger charge is -2.45. The number of carbonyl (C=O) groups excluding carboxylic acids is 1. The molecule has 2 N–H and O–H groups in total. The average molecular weight is 331 g/mol. The standard InChI is InChI=1S/C16H15BrN2O/c17-13-8-6-12(7-9-13)15-14(18)16(20)19(15)10-11-4-2-1-3-5-11/h1-9,14-15H,10,18H2. The molecule has 1 aliphatic rings. The van der Waals surface area contributed by atoms with E-state index in [0.717, 1.165) is 15.6 Å². The molecular formula is C16H15BrN2O. The monoisotopic (exact) mass is 330 g/mol. The van der Waals surface area contributed by atoms with Gasteiger partial charge in [0.25, 0.3) is 0 Å². The van der Waals surface area contributed by atoms with E-state index in [2.05, 4.69) is 15.9 Å². The first kappa shape index (κ1) is 13.3. The molecule has 0 aliphatic carbocycles. The van der Waals surface area contributed by atoms with Crippen LogP contribution >= 0.6 is 15.9 Å². The number of nitrogens with zero attached hydrogens (tertiary/aromatic N) is 1. The first-order chi connectivity index (χ1) is 9.66. The molecule has 102 valence electrons. The molecule has 3 rings (SSSR count). The van der Waals surface area contributed by atoms with Crippen LogP contribution in [-0.2, 0) is 11.3 Å². The number of nitrogens with two attached hydrogens (primary N) is 1. The summed E-state index contributed by atoms with van der Waals surface area (Å²) in [4.78, 5) is 13.8. The second-order valence-corrected chi connectivity index (χ2v) is 5.89. The molecule has 4 heteroatoms. The fourth-order valence-electron chi connectivity index (χ4n) is 2.58. The smallest absolute Gasteiger partial charge is 0.242 e. The van der Waals surface area contributed by atoms with Crippen molar-refractivity contribution in [3.63, 3.8) is 0 Å². The van der Waals surface area contributed by atoms with Gasteiger partial charge in [-0.15, -0.1) is 0 Å². The third-order valence-corrected chi connectivity index (χ3v) is 4.18. The number of benzene rings is 2. The first-order valence-electron chi connectivity index (χ1n) is 6.52. The molecule has 1 saturated heterocycles. The van der Waals surface area contributed by atoms with Gasteiger partial charge < -0.3 is 10.6 Å².